The Morgan fingerprint density at radius 3 is 2.59 bits per heavy atom. The number of nitrogens with one attached hydrogen (secondary N) is 2. The summed E-state index contributed by atoms with van der Waals surface area (Å²) in [6.45, 7) is 2.69. The molecular formula is C24H35N5O5. The molecule has 2 atom stereocenters. The Morgan fingerprint density at radius 1 is 1.21 bits per heavy atom. The molecular weight excluding hydrogens is 438 g/mol. The van der Waals surface area contributed by atoms with Gasteiger partial charge in [0.15, 0.2) is 5.84 Å². The second-order valence-electron chi connectivity index (χ2n) is 8.76. The van der Waals surface area contributed by atoms with Gasteiger partial charge in [-0.25, -0.2) is 0 Å². The van der Waals surface area contributed by atoms with Gasteiger partial charge in [-0.15, -0.1) is 0 Å². The number of hydrogen-bond donors (Lipinski definition) is 4. The zero-order valence-corrected chi connectivity index (χ0v) is 19.7. The number of ether oxygens (including phenoxy) is 1. The van der Waals surface area contributed by atoms with Crippen molar-refractivity contribution in [1.29, 1.82) is 0 Å². The fourth-order valence-corrected chi connectivity index (χ4v) is 4.71. The highest BCUT2D eigenvalue weighted by molar-refractivity contribution is 5.98. The van der Waals surface area contributed by atoms with Crippen LogP contribution in [0.3, 0.4) is 0 Å². The van der Waals surface area contributed by atoms with Gasteiger partial charge in [0, 0.05) is 18.7 Å². The lowest BCUT2D eigenvalue weighted by atomic mass is 9.82. The lowest BCUT2D eigenvalue weighted by molar-refractivity contribution is -0.151. The van der Waals surface area contributed by atoms with Crippen LogP contribution in [0.25, 0.3) is 0 Å². The predicted molar refractivity (Wildman–Crippen MR) is 126 cm³/mol. The predicted octanol–water partition coefficient (Wildman–Crippen LogP) is 1.10. The normalized spacial score (nSPS) is 19.7. The van der Waals surface area contributed by atoms with E-state index in [2.05, 4.69) is 15.8 Å². The smallest absolute Gasteiger partial charge is 0.319 e. The fourth-order valence-electron chi connectivity index (χ4n) is 4.71. The number of amidine groups is 1. The first-order chi connectivity index (χ1) is 16.5. The van der Waals surface area contributed by atoms with Crippen molar-refractivity contribution < 1.29 is 24.3 Å². The summed E-state index contributed by atoms with van der Waals surface area (Å²) in [4.78, 5) is 39.8. The molecule has 5 N–H and O–H groups in total. The molecule has 2 fully saturated rings. The molecule has 2 aliphatic rings. The minimum Gasteiger partial charge on any atom is -0.465 e. The first-order valence-corrected chi connectivity index (χ1v) is 12.0. The topological polar surface area (TPSA) is 146 Å². The molecule has 3 rings (SSSR count). The molecule has 0 bridgehead atoms. The standard InChI is InChI=1S/C24H35N5O5/c1-2-34-20(30)15-26-21(16-8-4-3-5-9-16)24(32)29-13-12-19(29)23(31)27-14-17-10-6-7-11-18(17)22(25)28-33/h6-7,10-11,16,19,21,26,33H,2-5,8-9,12-15H2,1H3,(H2,25,28)(H,27,31)/t19?,21-/m1/s1. The molecule has 1 heterocycles. The van der Waals surface area contributed by atoms with E-state index >= 15 is 0 Å². The maximum atomic E-state index is 13.4. The number of nitrogens with zero attached hydrogens (tertiary/aromatic N) is 2. The van der Waals surface area contributed by atoms with Crippen molar-refractivity contribution in [1.82, 2.24) is 15.5 Å². The number of amides is 2. The van der Waals surface area contributed by atoms with Crippen LogP contribution in [-0.4, -0.2) is 65.5 Å². The van der Waals surface area contributed by atoms with E-state index in [4.69, 9.17) is 15.7 Å². The van der Waals surface area contributed by atoms with Crippen LogP contribution < -0.4 is 16.4 Å². The van der Waals surface area contributed by atoms with E-state index in [9.17, 15) is 14.4 Å². The number of nitrogens with two attached hydrogens (primary N) is 1. The average Bonchev–Trinajstić information content (AvgIpc) is 2.82. The molecule has 1 aromatic rings. The Kier molecular flexibility index (Phi) is 9.26. The zero-order chi connectivity index (χ0) is 24.5. The van der Waals surface area contributed by atoms with Gasteiger partial charge in [0.25, 0.3) is 0 Å². The van der Waals surface area contributed by atoms with Crippen LogP contribution in [-0.2, 0) is 25.7 Å². The quantitative estimate of drug-likeness (QED) is 0.131. The van der Waals surface area contributed by atoms with E-state index in [1.807, 2.05) is 0 Å². The molecule has 0 spiro atoms. The Hall–Kier alpha value is -3.14. The van der Waals surface area contributed by atoms with Crippen molar-refractivity contribution in [3.63, 3.8) is 0 Å². The summed E-state index contributed by atoms with van der Waals surface area (Å²) < 4.78 is 5.00. The molecule has 1 saturated carbocycles. The average molecular weight is 474 g/mol. The van der Waals surface area contributed by atoms with Crippen LogP contribution in [0.4, 0.5) is 0 Å². The van der Waals surface area contributed by atoms with E-state index in [0.29, 0.717) is 24.1 Å². The second-order valence-corrected chi connectivity index (χ2v) is 8.76. The minimum absolute atomic E-state index is 0.0317. The highest BCUT2D eigenvalue weighted by atomic mass is 16.5. The number of rotatable bonds is 10. The zero-order valence-electron chi connectivity index (χ0n) is 19.7. The lowest BCUT2D eigenvalue weighted by Gasteiger charge is -2.43. The van der Waals surface area contributed by atoms with Crippen LogP contribution in [0, 0.1) is 5.92 Å². The van der Waals surface area contributed by atoms with Crippen molar-refractivity contribution in [2.75, 3.05) is 19.7 Å². The maximum absolute atomic E-state index is 13.4. The first kappa shape index (κ1) is 25.5. The highest BCUT2D eigenvalue weighted by Gasteiger charge is 2.42. The van der Waals surface area contributed by atoms with Gasteiger partial charge < -0.3 is 25.9 Å². The third kappa shape index (κ3) is 6.25. The number of esters is 1. The lowest BCUT2D eigenvalue weighted by Crippen LogP contribution is -2.63. The minimum atomic E-state index is -0.556. The van der Waals surface area contributed by atoms with Gasteiger partial charge in [0.2, 0.25) is 11.8 Å². The Morgan fingerprint density at radius 2 is 1.94 bits per heavy atom. The molecule has 1 aromatic carbocycles. The first-order valence-electron chi connectivity index (χ1n) is 12.0. The van der Waals surface area contributed by atoms with Crippen LogP contribution in [0.2, 0.25) is 0 Å². The number of likely N-dealkylation sites (tertiary alicyclic amines) is 1. The second kappa shape index (κ2) is 12.4. The largest absolute Gasteiger partial charge is 0.465 e. The molecule has 0 radical (unpaired) electrons. The van der Waals surface area contributed by atoms with Crippen molar-refractivity contribution >= 4 is 23.6 Å². The van der Waals surface area contributed by atoms with Gasteiger partial charge in [-0.3, -0.25) is 19.7 Å². The number of oxime groups is 1. The van der Waals surface area contributed by atoms with E-state index in [0.717, 1.165) is 32.1 Å². The summed E-state index contributed by atoms with van der Waals surface area (Å²) in [7, 11) is 0. The number of benzene rings is 1. The van der Waals surface area contributed by atoms with Crippen LogP contribution in [0.5, 0.6) is 0 Å². The van der Waals surface area contributed by atoms with Crippen LogP contribution >= 0.6 is 0 Å². The molecule has 10 heteroatoms. The van der Waals surface area contributed by atoms with Gasteiger partial charge >= 0.3 is 5.97 Å². The Bertz CT molecular complexity index is 899. The summed E-state index contributed by atoms with van der Waals surface area (Å²) in [6, 6.07) is 5.99. The number of carbonyl (C=O) groups excluding carboxylic acids is 3. The molecule has 34 heavy (non-hydrogen) atoms. The van der Waals surface area contributed by atoms with E-state index in [1.54, 1.807) is 36.1 Å². The van der Waals surface area contributed by atoms with Gasteiger partial charge in [-0.1, -0.05) is 48.7 Å². The van der Waals surface area contributed by atoms with Crippen LogP contribution in [0.1, 0.15) is 56.6 Å². The van der Waals surface area contributed by atoms with E-state index < -0.39 is 18.1 Å². The monoisotopic (exact) mass is 473 g/mol. The summed E-state index contributed by atoms with van der Waals surface area (Å²) >= 11 is 0. The molecule has 1 saturated heterocycles. The van der Waals surface area contributed by atoms with Gasteiger partial charge in [0.05, 0.1) is 19.2 Å². The SMILES string of the molecule is CCOC(=O)CN[C@@H](C(=O)N1CCC1C(=O)NCc1ccccc1/C(N)=N\O)C1CCCCC1. The van der Waals surface area contributed by atoms with Gasteiger partial charge in [0.1, 0.15) is 6.04 Å². The maximum Gasteiger partial charge on any atom is 0.319 e. The fraction of sp³-hybridized carbons (Fsp3) is 0.583. The van der Waals surface area contributed by atoms with Crippen molar-refractivity contribution in [3.05, 3.63) is 35.4 Å². The molecule has 10 nitrogen and oxygen atoms in total. The third-order valence-corrected chi connectivity index (χ3v) is 6.62. The van der Waals surface area contributed by atoms with Crippen molar-refractivity contribution in [2.45, 2.75) is 64.1 Å². The molecule has 1 aliphatic carbocycles. The number of carbonyl (C=O) groups is 3. The molecule has 1 aliphatic heterocycles. The molecule has 1 unspecified atom stereocenters. The molecule has 186 valence electrons. The Balaban J connectivity index is 1.63. The van der Waals surface area contributed by atoms with Crippen molar-refractivity contribution in [2.24, 2.45) is 16.8 Å². The number of hydrogen-bond acceptors (Lipinski definition) is 7. The summed E-state index contributed by atoms with van der Waals surface area (Å²) in [5.74, 6) is -0.680. The highest BCUT2D eigenvalue weighted by Crippen LogP contribution is 2.29. The third-order valence-electron chi connectivity index (χ3n) is 6.62. The van der Waals surface area contributed by atoms with Gasteiger partial charge in [-0.05, 0) is 37.7 Å². The summed E-state index contributed by atoms with van der Waals surface area (Å²) in [5, 5.41) is 18.0. The molecule has 0 aromatic heterocycles. The van der Waals surface area contributed by atoms with E-state index in [1.165, 1.54) is 0 Å². The van der Waals surface area contributed by atoms with Crippen LogP contribution in [0.15, 0.2) is 29.4 Å². The molecule has 2 amide bonds. The van der Waals surface area contributed by atoms with Crippen molar-refractivity contribution in [3.8, 4) is 0 Å². The Labute approximate surface area is 199 Å². The van der Waals surface area contributed by atoms with Gasteiger partial charge in [-0.2, -0.15) is 0 Å². The van der Waals surface area contributed by atoms with E-state index in [-0.39, 0.29) is 43.3 Å². The summed E-state index contributed by atoms with van der Waals surface area (Å²) in [5.41, 5.74) is 6.97. The summed E-state index contributed by atoms with van der Waals surface area (Å²) in [6.07, 6.45) is 5.67.